The highest BCUT2D eigenvalue weighted by Gasteiger charge is 2.59. The van der Waals surface area contributed by atoms with Gasteiger partial charge in [0.2, 0.25) is 23.6 Å². The SMILES string of the molecule is CC(=O)NC1C(OC2[C@@H](OCC3O[C@@H](O[C@@H]4C(CO)O[C@@H](O[C@@H]5C(CO)O[C@@H](CC(=O)CBr)C(NC(C)=O)[C@H]5O)C(NC(C)=O)[C@H]4O)C(O)[C@@H](O[C@H]4OC(CO)[C@@H](O)C(O)C4O[C@@H]4OC(CO)[C@@H](O)[C@H](O)C4NC(C)=O)[C@@H]3O)OC(CO)[C@@H](O)[C@@H]2O)O[C@@H](CO)[C@@H](O)[C@@H]1O. The lowest BCUT2D eigenvalue weighted by Crippen LogP contribution is -2.70. The van der Waals surface area contributed by atoms with Gasteiger partial charge in [-0.3, -0.25) is 24.0 Å². The fourth-order valence-corrected chi connectivity index (χ4v) is 12.3. The van der Waals surface area contributed by atoms with E-state index in [0.717, 1.165) is 27.7 Å². The Morgan fingerprint density at radius 3 is 1.06 bits per heavy atom. The molecule has 0 aromatic carbocycles. The Bertz CT molecular complexity index is 2460. The van der Waals surface area contributed by atoms with Crippen LogP contribution in [-0.2, 0) is 85.6 Å². The third-order valence-corrected chi connectivity index (χ3v) is 17.5. The van der Waals surface area contributed by atoms with Crippen LogP contribution in [0.5, 0.6) is 0 Å². The van der Waals surface area contributed by atoms with Gasteiger partial charge in [-0.2, -0.15) is 0 Å². The van der Waals surface area contributed by atoms with Gasteiger partial charge in [-0.1, -0.05) is 15.9 Å². The van der Waals surface area contributed by atoms with Gasteiger partial charge in [0.25, 0.3) is 0 Å². The van der Waals surface area contributed by atoms with Crippen LogP contribution in [0.25, 0.3) is 0 Å². The van der Waals surface area contributed by atoms with E-state index in [0.29, 0.717) is 0 Å². The molecular weight excluding hydrogens is 1350 g/mol. The van der Waals surface area contributed by atoms with Crippen molar-refractivity contribution < 1.29 is 177 Å². The van der Waals surface area contributed by atoms with Gasteiger partial charge in [0.05, 0.1) is 63.7 Å². The first-order chi connectivity index (χ1) is 44.5. The molecule has 35 atom stereocenters. The Kier molecular flexibility index (Phi) is 28.9. The molecule has 7 saturated heterocycles. The van der Waals surface area contributed by atoms with E-state index >= 15 is 0 Å². The number of ketones is 1. The molecule has 40 nitrogen and oxygen atoms in total. The van der Waals surface area contributed by atoms with Crippen molar-refractivity contribution in [2.45, 2.75) is 249 Å². The van der Waals surface area contributed by atoms with Crippen LogP contribution in [0.15, 0.2) is 0 Å². The summed E-state index contributed by atoms with van der Waals surface area (Å²) in [4.78, 5) is 62.6. The molecule has 7 aliphatic heterocycles. The first kappa shape index (κ1) is 78.1. The van der Waals surface area contributed by atoms with Gasteiger partial charge in [0.15, 0.2) is 37.7 Å². The van der Waals surface area contributed by atoms with Crippen LogP contribution in [-0.4, -0.2) is 387 Å². The van der Waals surface area contributed by atoms with Crippen molar-refractivity contribution in [1.82, 2.24) is 21.3 Å². The third-order valence-electron chi connectivity index (χ3n) is 16.8. The number of amides is 4. The van der Waals surface area contributed by atoms with Gasteiger partial charge in [0.1, 0.15) is 170 Å². The standard InChI is InChI=1S/C53H87BrN4O36/c1-14(65)55-27-19(5-18(69)6-54)83-24(11-63)43(38(27)77)90-50-30(58-17(4)68)39(78)44(25(12-64)88-50)91-51-42(81)45(92-53-47(41(80)34(73)23(10-62)87-53)94-49-29(57-16(3)67)37(76)32(71)21(8-60)85-49)35(74)26(89-51)13-82-52-46(40(79)33(72)22(9-61)86-52)93-48-28(56-15(2)66)36(75)31(70)20(7-59)84-48/h19-53,59-64,70-81H,5-13H2,1-4H3,(H,55,65)(H,56,66)(H,57,67)(H,58,68)/t19-,20-,21?,22?,23?,24?,25?,26?,27?,28?,29?,30?,31+,32+,33+,34+,35+,36+,37+,38+,39+,40-,41?,42?,43+,44+,45-,46?,47?,48?,49-,50-,51-,52-,53+/m0/s1. The van der Waals surface area contributed by atoms with Gasteiger partial charge < -0.3 is 175 Å². The zero-order valence-corrected chi connectivity index (χ0v) is 52.4. The normalized spacial score (nSPS) is 46.1. The fourth-order valence-electron chi connectivity index (χ4n) is 12.0. The van der Waals surface area contributed by atoms with Crippen molar-refractivity contribution in [2.75, 3.05) is 51.6 Å². The number of aliphatic hydroxyl groups excluding tert-OH is 18. The molecule has 542 valence electrons. The highest BCUT2D eigenvalue weighted by Crippen LogP contribution is 2.38. The molecule has 0 bridgehead atoms. The maximum absolute atomic E-state index is 12.9. The summed E-state index contributed by atoms with van der Waals surface area (Å²) in [7, 11) is 0. The van der Waals surface area contributed by atoms with E-state index in [1.165, 1.54) is 0 Å². The molecule has 7 rings (SSSR count). The Morgan fingerprint density at radius 2 is 0.638 bits per heavy atom. The minimum absolute atomic E-state index is 0.152. The van der Waals surface area contributed by atoms with Gasteiger partial charge in [-0.05, 0) is 0 Å². The monoisotopic (exact) mass is 1430 g/mol. The number of carbonyl (C=O) groups is 5. The number of rotatable bonds is 26. The van der Waals surface area contributed by atoms with Crippen molar-refractivity contribution >= 4 is 45.3 Å². The average Bonchev–Trinajstić information content (AvgIpc) is 0.778. The maximum atomic E-state index is 12.9. The second-order valence-electron chi connectivity index (χ2n) is 23.6. The second kappa shape index (κ2) is 34.7. The number of ether oxygens (including phenoxy) is 13. The lowest BCUT2D eigenvalue weighted by atomic mass is 9.89. The summed E-state index contributed by atoms with van der Waals surface area (Å²) in [5, 5.41) is 209. The third kappa shape index (κ3) is 17.9. The Balaban J connectivity index is 1.25. The lowest BCUT2D eigenvalue weighted by molar-refractivity contribution is -0.395. The number of hydrogen-bond acceptors (Lipinski definition) is 36. The topological polar surface area (TPSA) is 618 Å². The van der Waals surface area contributed by atoms with E-state index in [1.807, 2.05) is 0 Å². The summed E-state index contributed by atoms with van der Waals surface area (Å²) in [6.07, 6.45) is -61.5. The van der Waals surface area contributed by atoms with Crippen LogP contribution in [0, 0.1) is 0 Å². The van der Waals surface area contributed by atoms with Crippen LogP contribution >= 0.6 is 15.9 Å². The number of carbonyl (C=O) groups excluding carboxylic acids is 5. The van der Waals surface area contributed by atoms with Gasteiger partial charge in [-0.15, -0.1) is 0 Å². The quantitative estimate of drug-likeness (QED) is 0.0358. The van der Waals surface area contributed by atoms with Crippen LogP contribution in [0.2, 0.25) is 0 Å². The summed E-state index contributed by atoms with van der Waals surface area (Å²) in [5.74, 6) is -3.65. The Labute approximate surface area is 542 Å². The molecular formula is C53H87BrN4O36. The maximum Gasteiger partial charge on any atom is 0.217 e. The smallest absolute Gasteiger partial charge is 0.217 e. The van der Waals surface area contributed by atoms with Crippen molar-refractivity contribution in [3.8, 4) is 0 Å². The minimum atomic E-state index is -2.45. The van der Waals surface area contributed by atoms with Crippen molar-refractivity contribution in [1.29, 1.82) is 0 Å². The number of halogens is 1. The van der Waals surface area contributed by atoms with E-state index in [2.05, 4.69) is 37.2 Å². The number of aliphatic hydroxyl groups is 18. The Hall–Kier alpha value is -3.21. The molecule has 4 amide bonds. The zero-order chi connectivity index (χ0) is 69.5. The van der Waals surface area contributed by atoms with E-state index in [4.69, 9.17) is 61.6 Å². The number of alkyl halides is 1. The summed E-state index contributed by atoms with van der Waals surface area (Å²) < 4.78 is 77.7. The van der Waals surface area contributed by atoms with Crippen LogP contribution < -0.4 is 21.3 Å². The highest BCUT2D eigenvalue weighted by molar-refractivity contribution is 9.09. The van der Waals surface area contributed by atoms with Crippen LogP contribution in [0.3, 0.4) is 0 Å². The summed E-state index contributed by atoms with van der Waals surface area (Å²) in [6.45, 7) is -3.05. The summed E-state index contributed by atoms with van der Waals surface area (Å²) >= 11 is 3.04. The molecule has 0 aliphatic carbocycles. The van der Waals surface area contributed by atoms with Gasteiger partial charge in [-0.25, -0.2) is 0 Å². The van der Waals surface area contributed by atoms with E-state index in [1.54, 1.807) is 0 Å². The van der Waals surface area contributed by atoms with Crippen LogP contribution in [0.4, 0.5) is 0 Å². The first-order valence-corrected chi connectivity index (χ1v) is 31.0. The molecule has 0 aromatic heterocycles. The van der Waals surface area contributed by atoms with E-state index in [9.17, 15) is 116 Å². The first-order valence-electron chi connectivity index (χ1n) is 29.9. The van der Waals surface area contributed by atoms with Crippen LogP contribution in [0.1, 0.15) is 34.1 Å². The fraction of sp³-hybridized carbons (Fsp3) is 0.906. The highest BCUT2D eigenvalue weighted by atomic mass is 79.9. The number of hydrogen-bond donors (Lipinski definition) is 22. The van der Waals surface area contributed by atoms with Gasteiger partial charge in [0, 0.05) is 34.1 Å². The zero-order valence-electron chi connectivity index (χ0n) is 50.8. The number of Topliss-reactive ketones (excluding diaryl/α,β-unsaturated/α-hetero) is 1. The van der Waals surface area contributed by atoms with Crippen molar-refractivity contribution in [2.24, 2.45) is 0 Å². The Morgan fingerprint density at radius 1 is 0.319 bits per heavy atom. The molecule has 0 spiro atoms. The van der Waals surface area contributed by atoms with E-state index in [-0.39, 0.29) is 11.8 Å². The molecule has 15 unspecified atom stereocenters. The molecule has 0 aromatic rings. The lowest BCUT2D eigenvalue weighted by Gasteiger charge is -2.51. The van der Waals surface area contributed by atoms with E-state index < -0.39 is 290 Å². The van der Waals surface area contributed by atoms with Crippen molar-refractivity contribution in [3.63, 3.8) is 0 Å². The molecule has 0 saturated carbocycles. The molecule has 7 aliphatic rings. The summed E-state index contributed by atoms with van der Waals surface area (Å²) in [6, 6.07) is -6.65. The molecule has 7 fully saturated rings. The second-order valence-corrected chi connectivity index (χ2v) is 24.1. The largest absolute Gasteiger partial charge is 0.394 e. The number of nitrogens with one attached hydrogen (secondary N) is 4. The predicted octanol–water partition coefficient (Wildman–Crippen LogP) is -14.3. The average molecular weight is 1440 g/mol. The summed E-state index contributed by atoms with van der Waals surface area (Å²) in [5.41, 5.74) is 0. The molecule has 22 N–H and O–H groups in total. The van der Waals surface area contributed by atoms with Gasteiger partial charge >= 0.3 is 0 Å². The molecule has 7 heterocycles. The molecule has 94 heavy (non-hydrogen) atoms. The minimum Gasteiger partial charge on any atom is -0.394 e. The molecule has 41 heteroatoms. The van der Waals surface area contributed by atoms with Crippen molar-refractivity contribution in [3.05, 3.63) is 0 Å². The molecule has 0 radical (unpaired) electrons. The predicted molar refractivity (Wildman–Crippen MR) is 299 cm³/mol.